The monoisotopic (exact) mass is 204 g/mol. The normalized spacial score (nSPS) is 9.13. The van der Waals surface area contributed by atoms with Gasteiger partial charge in [0.25, 0.3) is 5.91 Å². The lowest BCUT2D eigenvalue weighted by Crippen LogP contribution is -2.23. The molecule has 15 heavy (non-hydrogen) atoms. The fraction of sp³-hybridized carbons (Fsp3) is 0.300. The first kappa shape index (κ1) is 11.1. The molecule has 0 aliphatic heterocycles. The highest BCUT2D eigenvalue weighted by Gasteiger charge is 2.02. The zero-order valence-electron chi connectivity index (χ0n) is 8.47. The van der Waals surface area contributed by atoms with E-state index in [0.29, 0.717) is 17.8 Å². The molecule has 1 aromatic carbocycles. The van der Waals surface area contributed by atoms with Crippen molar-refractivity contribution in [2.24, 2.45) is 5.11 Å². The molecule has 0 saturated carbocycles. The second-order valence-electron chi connectivity index (χ2n) is 2.99. The average Bonchev–Trinajstić information content (AvgIpc) is 2.27. The van der Waals surface area contributed by atoms with E-state index in [1.807, 2.05) is 6.92 Å². The predicted molar refractivity (Wildman–Crippen MR) is 57.9 cm³/mol. The van der Waals surface area contributed by atoms with Gasteiger partial charge in [-0.15, -0.1) is 0 Å². The average molecular weight is 204 g/mol. The molecule has 5 nitrogen and oxygen atoms in total. The lowest BCUT2D eigenvalue weighted by molar-refractivity contribution is 0.0953. The van der Waals surface area contributed by atoms with Crippen LogP contribution in [0.2, 0.25) is 0 Å². The summed E-state index contributed by atoms with van der Waals surface area (Å²) in [4.78, 5) is 14.1. The molecule has 0 spiro atoms. The SMILES string of the molecule is CCCNC(=O)c1ccc(N=[N+]=[N-])cc1. The van der Waals surface area contributed by atoms with E-state index < -0.39 is 0 Å². The van der Waals surface area contributed by atoms with Crippen LogP contribution in [0.15, 0.2) is 29.4 Å². The molecule has 5 heteroatoms. The number of amides is 1. The summed E-state index contributed by atoms with van der Waals surface area (Å²) in [7, 11) is 0. The Bertz CT molecular complexity index is 379. The molecule has 0 saturated heterocycles. The first-order valence-electron chi connectivity index (χ1n) is 4.71. The molecule has 0 aliphatic rings. The molecule has 0 heterocycles. The Morgan fingerprint density at radius 2 is 2.13 bits per heavy atom. The van der Waals surface area contributed by atoms with Crippen molar-refractivity contribution in [1.29, 1.82) is 0 Å². The highest BCUT2D eigenvalue weighted by molar-refractivity contribution is 5.94. The first-order valence-corrected chi connectivity index (χ1v) is 4.71. The predicted octanol–water partition coefficient (Wildman–Crippen LogP) is 2.77. The highest BCUT2D eigenvalue weighted by atomic mass is 16.1. The maximum Gasteiger partial charge on any atom is 0.251 e. The molecular weight excluding hydrogens is 192 g/mol. The van der Waals surface area contributed by atoms with Gasteiger partial charge in [-0.1, -0.05) is 24.2 Å². The van der Waals surface area contributed by atoms with Crippen molar-refractivity contribution in [3.05, 3.63) is 40.3 Å². The number of hydrogen-bond acceptors (Lipinski definition) is 2. The summed E-state index contributed by atoms with van der Waals surface area (Å²) in [5, 5.41) is 6.18. The molecular formula is C10H12N4O. The topological polar surface area (TPSA) is 77.9 Å². The molecule has 0 fully saturated rings. The minimum Gasteiger partial charge on any atom is -0.352 e. The van der Waals surface area contributed by atoms with E-state index in [1.165, 1.54) is 0 Å². The molecule has 1 rings (SSSR count). The standard InChI is InChI=1S/C10H12N4O/c1-2-7-12-10(15)8-3-5-9(6-4-8)13-14-11/h3-6H,2,7H2,1H3,(H,12,15). The molecule has 1 N–H and O–H groups in total. The Hall–Kier alpha value is -2.00. The Morgan fingerprint density at radius 1 is 1.47 bits per heavy atom. The van der Waals surface area contributed by atoms with Gasteiger partial charge in [0, 0.05) is 22.7 Å². The van der Waals surface area contributed by atoms with Gasteiger partial charge in [-0.05, 0) is 24.1 Å². The minimum absolute atomic E-state index is 0.107. The number of nitrogens with one attached hydrogen (secondary N) is 1. The van der Waals surface area contributed by atoms with Crippen molar-refractivity contribution in [2.45, 2.75) is 13.3 Å². The van der Waals surface area contributed by atoms with Crippen LogP contribution in [0.1, 0.15) is 23.7 Å². The molecule has 0 bridgehead atoms. The summed E-state index contributed by atoms with van der Waals surface area (Å²) in [5.74, 6) is -0.107. The summed E-state index contributed by atoms with van der Waals surface area (Å²) in [6.45, 7) is 2.65. The van der Waals surface area contributed by atoms with Gasteiger partial charge in [-0.3, -0.25) is 4.79 Å². The van der Waals surface area contributed by atoms with Gasteiger partial charge in [0.05, 0.1) is 0 Å². The number of rotatable bonds is 4. The van der Waals surface area contributed by atoms with Crippen LogP contribution >= 0.6 is 0 Å². The number of benzene rings is 1. The zero-order chi connectivity index (χ0) is 11.1. The lowest BCUT2D eigenvalue weighted by atomic mass is 10.2. The van der Waals surface area contributed by atoms with Gasteiger partial charge in [-0.25, -0.2) is 0 Å². The smallest absolute Gasteiger partial charge is 0.251 e. The summed E-state index contributed by atoms with van der Waals surface area (Å²) >= 11 is 0. The molecule has 0 unspecified atom stereocenters. The number of azide groups is 1. The van der Waals surface area contributed by atoms with E-state index in [2.05, 4.69) is 15.3 Å². The lowest BCUT2D eigenvalue weighted by Gasteiger charge is -2.02. The summed E-state index contributed by atoms with van der Waals surface area (Å²) in [5.41, 5.74) is 9.27. The van der Waals surface area contributed by atoms with Crippen LogP contribution in [-0.2, 0) is 0 Å². The van der Waals surface area contributed by atoms with Crippen molar-refractivity contribution in [2.75, 3.05) is 6.54 Å². The molecule has 0 aromatic heterocycles. The maximum atomic E-state index is 11.5. The summed E-state index contributed by atoms with van der Waals surface area (Å²) in [6, 6.07) is 6.49. The molecule has 1 amide bonds. The van der Waals surface area contributed by atoms with E-state index in [1.54, 1.807) is 24.3 Å². The van der Waals surface area contributed by atoms with Crippen LogP contribution in [0.3, 0.4) is 0 Å². The largest absolute Gasteiger partial charge is 0.352 e. The van der Waals surface area contributed by atoms with Crippen molar-refractivity contribution < 1.29 is 4.79 Å². The quantitative estimate of drug-likeness (QED) is 0.457. The van der Waals surface area contributed by atoms with E-state index in [9.17, 15) is 4.79 Å². The van der Waals surface area contributed by atoms with Gasteiger partial charge >= 0.3 is 0 Å². The van der Waals surface area contributed by atoms with Crippen molar-refractivity contribution >= 4 is 11.6 Å². The van der Waals surface area contributed by atoms with E-state index in [4.69, 9.17) is 5.53 Å². The Labute approximate surface area is 87.7 Å². The fourth-order valence-corrected chi connectivity index (χ4v) is 1.07. The number of nitrogens with zero attached hydrogens (tertiary/aromatic N) is 3. The van der Waals surface area contributed by atoms with Crippen molar-refractivity contribution in [3.63, 3.8) is 0 Å². The minimum atomic E-state index is -0.107. The van der Waals surface area contributed by atoms with Crippen LogP contribution in [0.4, 0.5) is 5.69 Å². The van der Waals surface area contributed by atoms with E-state index in [0.717, 1.165) is 6.42 Å². The van der Waals surface area contributed by atoms with Crippen LogP contribution in [-0.4, -0.2) is 12.5 Å². The third kappa shape index (κ3) is 3.32. The summed E-state index contributed by atoms with van der Waals surface area (Å²) in [6.07, 6.45) is 0.905. The third-order valence-electron chi connectivity index (χ3n) is 1.83. The Kier molecular flexibility index (Phi) is 4.19. The molecule has 1 aromatic rings. The first-order chi connectivity index (χ1) is 7.27. The van der Waals surface area contributed by atoms with E-state index in [-0.39, 0.29) is 5.91 Å². The number of hydrogen-bond donors (Lipinski definition) is 1. The van der Waals surface area contributed by atoms with Crippen LogP contribution in [0.5, 0.6) is 0 Å². The maximum absolute atomic E-state index is 11.5. The van der Waals surface area contributed by atoms with Crippen molar-refractivity contribution in [3.8, 4) is 0 Å². The van der Waals surface area contributed by atoms with Gasteiger partial charge in [0.2, 0.25) is 0 Å². The second-order valence-corrected chi connectivity index (χ2v) is 2.99. The fourth-order valence-electron chi connectivity index (χ4n) is 1.07. The van der Waals surface area contributed by atoms with Gasteiger partial charge in [0.1, 0.15) is 0 Å². The highest BCUT2D eigenvalue weighted by Crippen LogP contribution is 2.12. The van der Waals surface area contributed by atoms with Crippen LogP contribution < -0.4 is 5.32 Å². The van der Waals surface area contributed by atoms with Gasteiger partial charge in [0.15, 0.2) is 0 Å². The number of carbonyl (C=O) groups is 1. The third-order valence-corrected chi connectivity index (χ3v) is 1.83. The molecule has 0 aliphatic carbocycles. The zero-order valence-corrected chi connectivity index (χ0v) is 8.47. The molecule has 0 atom stereocenters. The second kappa shape index (κ2) is 5.67. The van der Waals surface area contributed by atoms with Gasteiger partial charge < -0.3 is 5.32 Å². The number of carbonyl (C=O) groups excluding carboxylic acids is 1. The van der Waals surface area contributed by atoms with Crippen LogP contribution in [0, 0.1) is 0 Å². The summed E-state index contributed by atoms with van der Waals surface area (Å²) < 4.78 is 0. The van der Waals surface area contributed by atoms with Gasteiger partial charge in [-0.2, -0.15) is 0 Å². The Balaban J connectivity index is 2.70. The Morgan fingerprint density at radius 3 is 2.67 bits per heavy atom. The van der Waals surface area contributed by atoms with E-state index >= 15 is 0 Å². The molecule has 0 radical (unpaired) electrons. The molecule has 78 valence electrons. The van der Waals surface area contributed by atoms with Crippen molar-refractivity contribution in [1.82, 2.24) is 5.32 Å². The van der Waals surface area contributed by atoms with Crippen LogP contribution in [0.25, 0.3) is 10.4 Å².